The molecule has 0 fully saturated rings. The molecule has 1 aromatic heterocycles. The van der Waals surface area contributed by atoms with E-state index in [0.717, 1.165) is 0 Å². The standard InChI is InChI=1S/C14H13NO4/c1-18-11-6-2-3-7-12(11)19-9-10-5-4-8-15-13(10)14(16)17/h2-8H,9H2,1H3,(H,16,17). The number of carbonyl (C=O) groups is 1. The highest BCUT2D eigenvalue weighted by Crippen LogP contribution is 2.26. The molecule has 0 amide bonds. The SMILES string of the molecule is COc1ccccc1OCc1cccnc1C(=O)O. The number of rotatable bonds is 5. The van der Waals surface area contributed by atoms with Crippen molar-refractivity contribution in [1.29, 1.82) is 0 Å². The molecule has 98 valence electrons. The molecule has 1 heterocycles. The van der Waals surface area contributed by atoms with Crippen LogP contribution in [-0.4, -0.2) is 23.2 Å². The van der Waals surface area contributed by atoms with E-state index in [2.05, 4.69) is 4.98 Å². The van der Waals surface area contributed by atoms with Crippen molar-refractivity contribution in [3.8, 4) is 11.5 Å². The maximum atomic E-state index is 11.0. The highest BCUT2D eigenvalue weighted by molar-refractivity contribution is 5.86. The van der Waals surface area contributed by atoms with E-state index in [1.54, 1.807) is 31.4 Å². The van der Waals surface area contributed by atoms with E-state index in [9.17, 15) is 4.79 Å². The second-order valence-corrected chi connectivity index (χ2v) is 3.76. The van der Waals surface area contributed by atoms with Crippen LogP contribution < -0.4 is 9.47 Å². The first kappa shape index (κ1) is 12.9. The van der Waals surface area contributed by atoms with E-state index in [1.165, 1.54) is 6.20 Å². The highest BCUT2D eigenvalue weighted by Gasteiger charge is 2.12. The normalized spacial score (nSPS) is 9.95. The minimum absolute atomic E-state index is 0.00241. The van der Waals surface area contributed by atoms with Gasteiger partial charge in [0.05, 0.1) is 7.11 Å². The lowest BCUT2D eigenvalue weighted by Crippen LogP contribution is -2.08. The van der Waals surface area contributed by atoms with Crippen molar-refractivity contribution in [3.63, 3.8) is 0 Å². The number of hydrogen-bond donors (Lipinski definition) is 1. The zero-order chi connectivity index (χ0) is 13.7. The van der Waals surface area contributed by atoms with Gasteiger partial charge < -0.3 is 14.6 Å². The van der Waals surface area contributed by atoms with Crippen molar-refractivity contribution < 1.29 is 19.4 Å². The second kappa shape index (κ2) is 5.86. The van der Waals surface area contributed by atoms with Gasteiger partial charge in [0.1, 0.15) is 6.61 Å². The lowest BCUT2D eigenvalue weighted by Gasteiger charge is -2.11. The van der Waals surface area contributed by atoms with Gasteiger partial charge in [0.15, 0.2) is 17.2 Å². The van der Waals surface area contributed by atoms with Gasteiger partial charge in [-0.05, 0) is 18.2 Å². The van der Waals surface area contributed by atoms with E-state index in [-0.39, 0.29) is 12.3 Å². The molecule has 1 aromatic carbocycles. The van der Waals surface area contributed by atoms with Crippen molar-refractivity contribution in [3.05, 3.63) is 53.9 Å². The number of para-hydroxylation sites is 2. The Morgan fingerprint density at radius 3 is 2.63 bits per heavy atom. The van der Waals surface area contributed by atoms with Gasteiger partial charge in [0, 0.05) is 11.8 Å². The summed E-state index contributed by atoms with van der Waals surface area (Å²) in [6.07, 6.45) is 1.44. The fourth-order valence-electron chi connectivity index (χ4n) is 1.64. The van der Waals surface area contributed by atoms with Gasteiger partial charge >= 0.3 is 5.97 Å². The molecule has 0 atom stereocenters. The van der Waals surface area contributed by atoms with Crippen molar-refractivity contribution in [2.24, 2.45) is 0 Å². The van der Waals surface area contributed by atoms with Crippen LogP contribution in [0.5, 0.6) is 11.5 Å². The van der Waals surface area contributed by atoms with Crippen molar-refractivity contribution in [2.75, 3.05) is 7.11 Å². The summed E-state index contributed by atoms with van der Waals surface area (Å²) in [6, 6.07) is 10.5. The van der Waals surface area contributed by atoms with E-state index >= 15 is 0 Å². The Labute approximate surface area is 110 Å². The molecule has 0 bridgehead atoms. The number of benzene rings is 1. The first-order valence-electron chi connectivity index (χ1n) is 5.65. The van der Waals surface area contributed by atoms with Crippen LogP contribution in [0.3, 0.4) is 0 Å². The van der Waals surface area contributed by atoms with Gasteiger partial charge in [-0.25, -0.2) is 9.78 Å². The Morgan fingerprint density at radius 1 is 1.21 bits per heavy atom. The van der Waals surface area contributed by atoms with Crippen LogP contribution >= 0.6 is 0 Å². The van der Waals surface area contributed by atoms with Crippen LogP contribution in [0.15, 0.2) is 42.6 Å². The van der Waals surface area contributed by atoms with Gasteiger partial charge in [-0.2, -0.15) is 0 Å². The summed E-state index contributed by atoms with van der Waals surface area (Å²) in [5.74, 6) is 0.0904. The molecule has 1 N–H and O–H groups in total. The first-order valence-corrected chi connectivity index (χ1v) is 5.65. The van der Waals surface area contributed by atoms with Gasteiger partial charge in [-0.1, -0.05) is 18.2 Å². The molecule has 0 spiro atoms. The van der Waals surface area contributed by atoms with Crippen LogP contribution in [0.2, 0.25) is 0 Å². The van der Waals surface area contributed by atoms with E-state index in [1.807, 2.05) is 12.1 Å². The second-order valence-electron chi connectivity index (χ2n) is 3.76. The van der Waals surface area contributed by atoms with Gasteiger partial charge in [-0.3, -0.25) is 0 Å². The molecule has 5 nitrogen and oxygen atoms in total. The van der Waals surface area contributed by atoms with E-state index in [4.69, 9.17) is 14.6 Å². The zero-order valence-corrected chi connectivity index (χ0v) is 10.4. The number of ether oxygens (including phenoxy) is 2. The largest absolute Gasteiger partial charge is 0.493 e. The van der Waals surface area contributed by atoms with Crippen LogP contribution in [0.1, 0.15) is 16.1 Å². The Bertz CT molecular complexity index is 583. The summed E-state index contributed by atoms with van der Waals surface area (Å²) in [5.41, 5.74) is 0.512. The molecular formula is C14H13NO4. The fourth-order valence-corrected chi connectivity index (χ4v) is 1.64. The number of hydrogen-bond acceptors (Lipinski definition) is 4. The molecule has 0 unspecified atom stereocenters. The minimum Gasteiger partial charge on any atom is -0.493 e. The molecular weight excluding hydrogens is 246 g/mol. The molecule has 0 saturated heterocycles. The first-order chi connectivity index (χ1) is 9.22. The summed E-state index contributed by atoms with van der Waals surface area (Å²) in [4.78, 5) is 14.8. The number of carboxylic acids is 1. The number of pyridine rings is 1. The Kier molecular flexibility index (Phi) is 3.97. The smallest absolute Gasteiger partial charge is 0.354 e. The molecule has 5 heteroatoms. The number of carboxylic acid groups (broad SMARTS) is 1. The third kappa shape index (κ3) is 3.01. The molecule has 0 aliphatic heterocycles. The molecule has 0 aliphatic rings. The average Bonchev–Trinajstić information content (AvgIpc) is 2.45. The topological polar surface area (TPSA) is 68.7 Å². The zero-order valence-electron chi connectivity index (χ0n) is 10.4. The summed E-state index contributed by atoms with van der Waals surface area (Å²) in [6.45, 7) is 0.121. The molecule has 0 aliphatic carbocycles. The van der Waals surface area contributed by atoms with Crippen LogP contribution in [0, 0.1) is 0 Å². The van der Waals surface area contributed by atoms with Crippen LogP contribution in [0.25, 0.3) is 0 Å². The third-order valence-corrected chi connectivity index (χ3v) is 2.55. The molecule has 0 radical (unpaired) electrons. The van der Waals surface area contributed by atoms with Crippen LogP contribution in [-0.2, 0) is 6.61 Å². The third-order valence-electron chi connectivity index (χ3n) is 2.55. The Morgan fingerprint density at radius 2 is 1.95 bits per heavy atom. The van der Waals surface area contributed by atoms with Gasteiger partial charge in [-0.15, -0.1) is 0 Å². The lowest BCUT2D eigenvalue weighted by atomic mass is 10.2. The Hall–Kier alpha value is -2.56. The monoisotopic (exact) mass is 259 g/mol. The number of aromatic nitrogens is 1. The molecule has 2 rings (SSSR count). The summed E-state index contributed by atoms with van der Waals surface area (Å²) >= 11 is 0. The average molecular weight is 259 g/mol. The molecule has 2 aromatic rings. The summed E-state index contributed by atoms with van der Waals surface area (Å²) < 4.78 is 10.7. The van der Waals surface area contributed by atoms with E-state index < -0.39 is 5.97 Å². The van der Waals surface area contributed by atoms with Crippen molar-refractivity contribution >= 4 is 5.97 Å². The number of nitrogens with zero attached hydrogens (tertiary/aromatic N) is 1. The number of aromatic carboxylic acids is 1. The maximum Gasteiger partial charge on any atom is 0.354 e. The molecule has 19 heavy (non-hydrogen) atoms. The predicted molar refractivity (Wildman–Crippen MR) is 68.5 cm³/mol. The summed E-state index contributed by atoms with van der Waals surface area (Å²) in [7, 11) is 1.55. The quantitative estimate of drug-likeness (QED) is 0.892. The number of methoxy groups -OCH3 is 1. The molecule has 0 saturated carbocycles. The van der Waals surface area contributed by atoms with Gasteiger partial charge in [0.25, 0.3) is 0 Å². The maximum absolute atomic E-state index is 11.0. The summed E-state index contributed by atoms with van der Waals surface area (Å²) in [5, 5.41) is 9.02. The minimum atomic E-state index is -1.07. The Balaban J connectivity index is 2.17. The van der Waals surface area contributed by atoms with Crippen LogP contribution in [0.4, 0.5) is 0 Å². The van der Waals surface area contributed by atoms with Crippen molar-refractivity contribution in [1.82, 2.24) is 4.98 Å². The van der Waals surface area contributed by atoms with Gasteiger partial charge in [0.2, 0.25) is 0 Å². The van der Waals surface area contributed by atoms with E-state index in [0.29, 0.717) is 17.1 Å². The highest BCUT2D eigenvalue weighted by atomic mass is 16.5. The lowest BCUT2D eigenvalue weighted by molar-refractivity contribution is 0.0687. The fraction of sp³-hybridized carbons (Fsp3) is 0.143. The predicted octanol–water partition coefficient (Wildman–Crippen LogP) is 2.37. The van der Waals surface area contributed by atoms with Crippen molar-refractivity contribution in [2.45, 2.75) is 6.61 Å².